The monoisotopic (exact) mass is 506 g/mol. The van der Waals surface area contributed by atoms with E-state index in [0.717, 1.165) is 32.4 Å². The molecule has 2 aliphatic rings. The van der Waals surface area contributed by atoms with Crippen LogP contribution < -0.4 is 4.74 Å². The molecule has 4 rings (SSSR count). The summed E-state index contributed by atoms with van der Waals surface area (Å²) in [5.74, 6) is 0.504. The summed E-state index contributed by atoms with van der Waals surface area (Å²) in [4.78, 5) is 15.3. The number of aryl methyl sites for hydroxylation is 1. The predicted molar refractivity (Wildman–Crippen MR) is 131 cm³/mol. The smallest absolute Gasteiger partial charge is 0.243 e. The number of carbonyl (C=O) groups excluding carboxylic acids is 1. The van der Waals surface area contributed by atoms with Crippen molar-refractivity contribution < 1.29 is 22.7 Å². The Bertz CT molecular complexity index is 1120. The standard InChI is InChI=1S/C25H31ClN2O5S/c1-20-8-3-4-11-23(20)34(30,31)28-14-15-33-25(18-28,17-24(29)27-12-5-2-6-13-27)19-32-22-10-7-9-21(26)16-22/h3-4,7-11,16H,2,5-6,12-15,17-19H2,1H3/t25-/m0/s1. The first-order valence-corrected chi connectivity index (χ1v) is 13.5. The van der Waals surface area contributed by atoms with Crippen molar-refractivity contribution in [2.75, 3.05) is 39.4 Å². The van der Waals surface area contributed by atoms with E-state index in [1.807, 2.05) is 11.0 Å². The third-order valence-corrected chi connectivity index (χ3v) is 8.65. The fourth-order valence-corrected chi connectivity index (χ4v) is 6.45. The minimum atomic E-state index is -3.76. The maximum absolute atomic E-state index is 13.5. The van der Waals surface area contributed by atoms with Gasteiger partial charge in [0.05, 0.1) is 17.9 Å². The molecular weight excluding hydrogens is 476 g/mol. The number of hydrogen-bond acceptors (Lipinski definition) is 5. The first-order valence-electron chi connectivity index (χ1n) is 11.7. The lowest BCUT2D eigenvalue weighted by Gasteiger charge is -2.42. The van der Waals surface area contributed by atoms with Gasteiger partial charge < -0.3 is 14.4 Å². The van der Waals surface area contributed by atoms with E-state index >= 15 is 0 Å². The molecule has 0 spiro atoms. The summed E-state index contributed by atoms with van der Waals surface area (Å²) in [5, 5.41) is 0.532. The Morgan fingerprint density at radius 3 is 2.59 bits per heavy atom. The third-order valence-electron chi connectivity index (χ3n) is 6.40. The highest BCUT2D eigenvalue weighted by molar-refractivity contribution is 7.89. The van der Waals surface area contributed by atoms with Gasteiger partial charge in [-0.2, -0.15) is 4.31 Å². The molecule has 0 aliphatic carbocycles. The normalized spacial score (nSPS) is 21.9. The fourth-order valence-electron chi connectivity index (χ4n) is 4.55. The first-order chi connectivity index (χ1) is 16.3. The van der Waals surface area contributed by atoms with Crippen LogP contribution in [0.4, 0.5) is 0 Å². The van der Waals surface area contributed by atoms with Gasteiger partial charge in [-0.15, -0.1) is 0 Å². The molecule has 2 aromatic carbocycles. The van der Waals surface area contributed by atoms with E-state index in [9.17, 15) is 13.2 Å². The molecule has 2 aliphatic heterocycles. The average molecular weight is 507 g/mol. The number of halogens is 1. The van der Waals surface area contributed by atoms with Crippen LogP contribution in [0.15, 0.2) is 53.4 Å². The number of rotatable bonds is 7. The van der Waals surface area contributed by atoms with E-state index < -0.39 is 15.6 Å². The largest absolute Gasteiger partial charge is 0.490 e. The van der Waals surface area contributed by atoms with E-state index in [-0.39, 0.29) is 43.5 Å². The molecule has 0 saturated carbocycles. The van der Waals surface area contributed by atoms with Crippen molar-refractivity contribution in [3.05, 3.63) is 59.1 Å². The molecule has 184 valence electrons. The van der Waals surface area contributed by atoms with E-state index in [4.69, 9.17) is 21.1 Å². The molecular formula is C25H31ClN2O5S. The van der Waals surface area contributed by atoms with E-state index in [1.54, 1.807) is 49.4 Å². The zero-order chi connectivity index (χ0) is 24.2. The van der Waals surface area contributed by atoms with Crippen LogP contribution in [0.1, 0.15) is 31.2 Å². The Balaban J connectivity index is 1.59. The maximum Gasteiger partial charge on any atom is 0.243 e. The Labute approximate surface area is 206 Å². The Morgan fingerprint density at radius 2 is 1.85 bits per heavy atom. The number of nitrogens with zero attached hydrogens (tertiary/aromatic N) is 2. The molecule has 2 fully saturated rings. The number of benzene rings is 2. The van der Waals surface area contributed by atoms with Crippen molar-refractivity contribution in [1.82, 2.24) is 9.21 Å². The van der Waals surface area contributed by atoms with Gasteiger partial charge in [-0.1, -0.05) is 35.9 Å². The quantitative estimate of drug-likeness (QED) is 0.569. The molecule has 2 aromatic rings. The SMILES string of the molecule is Cc1ccccc1S(=O)(=O)N1CCO[C@@](COc2cccc(Cl)c2)(CC(=O)N2CCCCC2)C1. The number of morpholine rings is 1. The van der Waals surface area contributed by atoms with Crippen molar-refractivity contribution in [2.24, 2.45) is 0 Å². The Kier molecular flexibility index (Phi) is 7.82. The average Bonchev–Trinajstić information content (AvgIpc) is 2.84. The highest BCUT2D eigenvalue weighted by Crippen LogP contribution is 2.30. The highest BCUT2D eigenvalue weighted by Gasteiger charge is 2.44. The summed E-state index contributed by atoms with van der Waals surface area (Å²) in [7, 11) is -3.76. The summed E-state index contributed by atoms with van der Waals surface area (Å²) in [5.41, 5.74) is -0.427. The summed E-state index contributed by atoms with van der Waals surface area (Å²) < 4.78 is 40.6. The highest BCUT2D eigenvalue weighted by atomic mass is 35.5. The molecule has 34 heavy (non-hydrogen) atoms. The van der Waals surface area contributed by atoms with Crippen LogP contribution in [0.5, 0.6) is 5.75 Å². The number of ether oxygens (including phenoxy) is 2. The Hall–Kier alpha value is -2.13. The number of likely N-dealkylation sites (tertiary alicyclic amines) is 1. The number of piperidine rings is 1. The molecule has 2 heterocycles. The van der Waals surface area contributed by atoms with Crippen LogP contribution in [0.3, 0.4) is 0 Å². The molecule has 0 aromatic heterocycles. The topological polar surface area (TPSA) is 76.1 Å². The lowest BCUT2D eigenvalue weighted by molar-refractivity contribution is -0.151. The van der Waals surface area contributed by atoms with Gasteiger partial charge in [0.25, 0.3) is 0 Å². The Morgan fingerprint density at radius 1 is 1.09 bits per heavy atom. The molecule has 2 saturated heterocycles. The molecule has 1 atom stereocenters. The van der Waals surface area contributed by atoms with Gasteiger partial charge in [0.1, 0.15) is 18.0 Å². The third kappa shape index (κ3) is 5.74. The van der Waals surface area contributed by atoms with Gasteiger partial charge in [0, 0.05) is 31.2 Å². The van der Waals surface area contributed by atoms with Gasteiger partial charge in [0.2, 0.25) is 15.9 Å². The minimum Gasteiger partial charge on any atom is -0.490 e. The van der Waals surface area contributed by atoms with Crippen LogP contribution in [0, 0.1) is 6.92 Å². The van der Waals surface area contributed by atoms with Crippen molar-refractivity contribution in [1.29, 1.82) is 0 Å². The van der Waals surface area contributed by atoms with Gasteiger partial charge in [-0.3, -0.25) is 4.79 Å². The van der Waals surface area contributed by atoms with Crippen LogP contribution in [0.2, 0.25) is 5.02 Å². The number of sulfonamides is 1. The maximum atomic E-state index is 13.5. The second-order valence-corrected chi connectivity index (χ2v) is 11.3. The lowest BCUT2D eigenvalue weighted by atomic mass is 9.97. The van der Waals surface area contributed by atoms with E-state index in [0.29, 0.717) is 16.3 Å². The van der Waals surface area contributed by atoms with E-state index in [1.165, 1.54) is 4.31 Å². The van der Waals surface area contributed by atoms with Crippen molar-refractivity contribution in [3.63, 3.8) is 0 Å². The lowest BCUT2D eigenvalue weighted by Crippen LogP contribution is -2.58. The molecule has 0 bridgehead atoms. The summed E-state index contributed by atoms with van der Waals surface area (Å²) in [6.07, 6.45) is 3.12. The first kappa shape index (κ1) is 25.0. The molecule has 0 unspecified atom stereocenters. The summed E-state index contributed by atoms with van der Waals surface area (Å²) >= 11 is 6.09. The zero-order valence-electron chi connectivity index (χ0n) is 19.4. The molecule has 1 amide bonds. The second kappa shape index (κ2) is 10.6. The zero-order valence-corrected chi connectivity index (χ0v) is 21.0. The van der Waals surface area contributed by atoms with Crippen molar-refractivity contribution >= 4 is 27.5 Å². The predicted octanol–water partition coefficient (Wildman–Crippen LogP) is 3.89. The van der Waals surface area contributed by atoms with Crippen molar-refractivity contribution in [2.45, 2.75) is 43.1 Å². The van der Waals surface area contributed by atoms with Crippen LogP contribution in [-0.4, -0.2) is 68.5 Å². The van der Waals surface area contributed by atoms with Gasteiger partial charge >= 0.3 is 0 Å². The minimum absolute atomic E-state index is 0.0316. The van der Waals surface area contributed by atoms with Gasteiger partial charge in [-0.25, -0.2) is 8.42 Å². The summed E-state index contributed by atoms with van der Waals surface area (Å²) in [6.45, 7) is 3.68. The van der Waals surface area contributed by atoms with Gasteiger partial charge in [-0.05, 0) is 56.0 Å². The summed E-state index contributed by atoms with van der Waals surface area (Å²) in [6, 6.07) is 13.9. The molecule has 9 heteroatoms. The molecule has 0 radical (unpaired) electrons. The van der Waals surface area contributed by atoms with Crippen molar-refractivity contribution in [3.8, 4) is 5.75 Å². The van der Waals surface area contributed by atoms with Crippen LogP contribution >= 0.6 is 11.6 Å². The number of hydrogen-bond donors (Lipinski definition) is 0. The van der Waals surface area contributed by atoms with Crippen LogP contribution in [0.25, 0.3) is 0 Å². The number of carbonyl (C=O) groups is 1. The molecule has 0 N–H and O–H groups in total. The fraction of sp³-hybridized carbons (Fsp3) is 0.480. The van der Waals surface area contributed by atoms with Gasteiger partial charge in [0.15, 0.2) is 0 Å². The molecule has 7 nitrogen and oxygen atoms in total. The second-order valence-electron chi connectivity index (χ2n) is 9.00. The van der Waals surface area contributed by atoms with E-state index in [2.05, 4.69) is 0 Å². The number of amides is 1. The van der Waals surface area contributed by atoms with Crippen LogP contribution in [-0.2, 0) is 19.6 Å².